The van der Waals surface area contributed by atoms with Gasteiger partial charge in [0.1, 0.15) is 12.0 Å². The lowest BCUT2D eigenvalue weighted by Gasteiger charge is -1.99. The Morgan fingerprint density at radius 2 is 1.87 bits per heavy atom. The maximum atomic E-state index is 5.55. The number of ether oxygens (including phenoxy) is 1. The van der Waals surface area contributed by atoms with Crippen molar-refractivity contribution < 1.29 is 9.15 Å². The standard InChI is InChI=1S/C15H15N3O2S3/c1-3-21-14-17-18-15(23-14)22-9-11-8-20-13(16-11)10-4-6-12(19-2)7-5-10/h4-8H,3,9H2,1-2H3. The summed E-state index contributed by atoms with van der Waals surface area (Å²) >= 11 is 4.95. The number of rotatable bonds is 7. The molecule has 0 aliphatic carbocycles. The monoisotopic (exact) mass is 365 g/mol. The average molecular weight is 366 g/mol. The van der Waals surface area contributed by atoms with E-state index in [0.717, 1.165) is 31.4 Å². The maximum absolute atomic E-state index is 5.55. The van der Waals surface area contributed by atoms with Gasteiger partial charge in [-0.3, -0.25) is 0 Å². The van der Waals surface area contributed by atoms with Gasteiger partial charge in [-0.15, -0.1) is 10.2 Å². The molecule has 0 amide bonds. The van der Waals surface area contributed by atoms with E-state index in [9.17, 15) is 0 Å². The second-order valence-electron chi connectivity index (χ2n) is 4.43. The lowest BCUT2D eigenvalue weighted by atomic mass is 10.2. The second-order valence-corrected chi connectivity index (χ2v) is 8.14. The summed E-state index contributed by atoms with van der Waals surface area (Å²) in [6.45, 7) is 2.11. The molecule has 2 heterocycles. The molecule has 5 nitrogen and oxygen atoms in total. The molecule has 0 bridgehead atoms. The second kappa shape index (κ2) is 7.85. The molecule has 0 radical (unpaired) electrons. The van der Waals surface area contributed by atoms with Crippen molar-refractivity contribution in [3.63, 3.8) is 0 Å². The highest BCUT2D eigenvalue weighted by atomic mass is 32.2. The third-order valence-electron chi connectivity index (χ3n) is 2.89. The van der Waals surface area contributed by atoms with Gasteiger partial charge in [0.05, 0.1) is 12.8 Å². The average Bonchev–Trinajstić information content (AvgIpc) is 3.23. The number of hydrogen-bond acceptors (Lipinski definition) is 8. The molecule has 0 atom stereocenters. The molecule has 0 spiro atoms. The maximum Gasteiger partial charge on any atom is 0.226 e. The molecule has 0 unspecified atom stereocenters. The van der Waals surface area contributed by atoms with E-state index in [1.54, 1.807) is 48.2 Å². The Morgan fingerprint density at radius 1 is 1.13 bits per heavy atom. The quantitative estimate of drug-likeness (QED) is 0.567. The molecular weight excluding hydrogens is 350 g/mol. The van der Waals surface area contributed by atoms with Crippen LogP contribution in [0.5, 0.6) is 5.75 Å². The van der Waals surface area contributed by atoms with Crippen LogP contribution in [0.2, 0.25) is 0 Å². The van der Waals surface area contributed by atoms with Gasteiger partial charge in [-0.05, 0) is 30.0 Å². The van der Waals surface area contributed by atoms with E-state index in [4.69, 9.17) is 9.15 Å². The zero-order chi connectivity index (χ0) is 16.1. The molecule has 3 aromatic rings. The first-order valence-electron chi connectivity index (χ1n) is 6.96. The molecule has 0 N–H and O–H groups in total. The Kier molecular flexibility index (Phi) is 5.58. The number of aromatic nitrogens is 3. The molecule has 0 aliphatic rings. The minimum absolute atomic E-state index is 0.614. The Hall–Kier alpha value is -1.51. The fraction of sp³-hybridized carbons (Fsp3) is 0.267. The fourth-order valence-corrected chi connectivity index (χ4v) is 4.61. The summed E-state index contributed by atoms with van der Waals surface area (Å²) in [6, 6.07) is 7.64. The summed E-state index contributed by atoms with van der Waals surface area (Å²) in [6.07, 6.45) is 1.69. The lowest BCUT2D eigenvalue weighted by Crippen LogP contribution is -1.84. The van der Waals surface area contributed by atoms with Crippen molar-refractivity contribution >= 4 is 34.9 Å². The molecule has 0 saturated heterocycles. The highest BCUT2D eigenvalue weighted by Crippen LogP contribution is 2.31. The van der Waals surface area contributed by atoms with Gasteiger partial charge in [-0.2, -0.15) is 0 Å². The third kappa shape index (κ3) is 4.27. The van der Waals surface area contributed by atoms with Gasteiger partial charge in [0.15, 0.2) is 8.68 Å². The predicted octanol–water partition coefficient (Wildman–Crippen LogP) is 4.61. The lowest BCUT2D eigenvalue weighted by molar-refractivity contribution is 0.415. The molecule has 0 aliphatic heterocycles. The van der Waals surface area contributed by atoms with Gasteiger partial charge < -0.3 is 9.15 Å². The van der Waals surface area contributed by atoms with Gasteiger partial charge in [-0.1, -0.05) is 41.8 Å². The summed E-state index contributed by atoms with van der Waals surface area (Å²) in [7, 11) is 1.65. The number of methoxy groups -OCH3 is 1. The van der Waals surface area contributed by atoms with E-state index >= 15 is 0 Å². The highest BCUT2D eigenvalue weighted by Gasteiger charge is 2.10. The normalized spacial score (nSPS) is 10.9. The zero-order valence-electron chi connectivity index (χ0n) is 12.7. The van der Waals surface area contributed by atoms with Crippen molar-refractivity contribution in [2.45, 2.75) is 21.4 Å². The van der Waals surface area contributed by atoms with Crippen LogP contribution in [0.3, 0.4) is 0 Å². The van der Waals surface area contributed by atoms with Crippen molar-refractivity contribution in [1.82, 2.24) is 15.2 Å². The Morgan fingerprint density at radius 3 is 2.57 bits per heavy atom. The Labute approximate surface area is 146 Å². The number of oxazole rings is 1. The van der Waals surface area contributed by atoms with Crippen molar-refractivity contribution in [3.05, 3.63) is 36.2 Å². The molecule has 0 fully saturated rings. The zero-order valence-corrected chi connectivity index (χ0v) is 15.1. The summed E-state index contributed by atoms with van der Waals surface area (Å²) in [5, 5.41) is 8.31. The van der Waals surface area contributed by atoms with Crippen LogP contribution in [0.15, 0.2) is 43.6 Å². The molecule has 3 rings (SSSR count). The van der Waals surface area contributed by atoms with Crippen molar-refractivity contribution in [1.29, 1.82) is 0 Å². The van der Waals surface area contributed by atoms with Gasteiger partial charge in [0, 0.05) is 11.3 Å². The minimum atomic E-state index is 0.614. The molecule has 8 heteroatoms. The van der Waals surface area contributed by atoms with E-state index in [2.05, 4.69) is 22.1 Å². The summed E-state index contributed by atoms with van der Waals surface area (Å²) < 4.78 is 12.7. The molecule has 23 heavy (non-hydrogen) atoms. The van der Waals surface area contributed by atoms with E-state index in [1.165, 1.54) is 0 Å². The number of thioether (sulfide) groups is 2. The van der Waals surface area contributed by atoms with E-state index in [0.29, 0.717) is 11.6 Å². The third-order valence-corrected chi connectivity index (χ3v) is 5.99. The molecule has 1 aromatic carbocycles. The first-order valence-corrected chi connectivity index (χ1v) is 9.75. The highest BCUT2D eigenvalue weighted by molar-refractivity contribution is 8.02. The van der Waals surface area contributed by atoms with Gasteiger partial charge in [0.2, 0.25) is 5.89 Å². The Balaban J connectivity index is 1.62. The van der Waals surface area contributed by atoms with Crippen LogP contribution in [0.1, 0.15) is 12.6 Å². The summed E-state index contributed by atoms with van der Waals surface area (Å²) in [4.78, 5) is 4.52. The number of hydrogen-bond donors (Lipinski definition) is 0. The fourth-order valence-electron chi connectivity index (χ4n) is 1.81. The summed E-state index contributed by atoms with van der Waals surface area (Å²) in [5.41, 5.74) is 1.82. The van der Waals surface area contributed by atoms with Crippen LogP contribution in [0.4, 0.5) is 0 Å². The van der Waals surface area contributed by atoms with Crippen molar-refractivity contribution in [2.75, 3.05) is 12.9 Å². The smallest absolute Gasteiger partial charge is 0.226 e. The first-order chi connectivity index (χ1) is 11.3. The van der Waals surface area contributed by atoms with Crippen molar-refractivity contribution in [2.24, 2.45) is 0 Å². The predicted molar refractivity (Wildman–Crippen MR) is 94.4 cm³/mol. The van der Waals surface area contributed by atoms with Gasteiger partial charge in [-0.25, -0.2) is 4.98 Å². The van der Waals surface area contributed by atoms with Crippen LogP contribution < -0.4 is 4.74 Å². The van der Waals surface area contributed by atoms with Gasteiger partial charge in [0.25, 0.3) is 0 Å². The molecule has 0 saturated carbocycles. The molecular formula is C15H15N3O2S3. The summed E-state index contributed by atoms with van der Waals surface area (Å²) in [5.74, 6) is 3.15. The SMILES string of the molecule is CCSc1nnc(SCc2coc(-c3ccc(OC)cc3)n2)s1. The topological polar surface area (TPSA) is 61.0 Å². The van der Waals surface area contributed by atoms with Gasteiger partial charge >= 0.3 is 0 Å². The van der Waals surface area contributed by atoms with E-state index < -0.39 is 0 Å². The largest absolute Gasteiger partial charge is 0.497 e. The van der Waals surface area contributed by atoms with Crippen LogP contribution in [0, 0.1) is 0 Å². The van der Waals surface area contributed by atoms with E-state index in [1.807, 2.05) is 24.3 Å². The minimum Gasteiger partial charge on any atom is -0.497 e. The van der Waals surface area contributed by atoms with Crippen LogP contribution in [-0.4, -0.2) is 28.0 Å². The number of nitrogens with zero attached hydrogens (tertiary/aromatic N) is 3. The van der Waals surface area contributed by atoms with Crippen molar-refractivity contribution in [3.8, 4) is 17.2 Å². The van der Waals surface area contributed by atoms with Crippen LogP contribution in [0.25, 0.3) is 11.5 Å². The molecule has 120 valence electrons. The van der Waals surface area contributed by atoms with Crippen LogP contribution >= 0.6 is 34.9 Å². The van der Waals surface area contributed by atoms with Crippen LogP contribution in [-0.2, 0) is 5.75 Å². The first kappa shape index (κ1) is 16.4. The molecule has 2 aromatic heterocycles. The van der Waals surface area contributed by atoms with E-state index in [-0.39, 0.29) is 0 Å². The Bertz CT molecular complexity index is 755. The number of benzene rings is 1.